The molecule has 1 amide bonds. The fourth-order valence-corrected chi connectivity index (χ4v) is 1.79. The van der Waals surface area contributed by atoms with Crippen molar-refractivity contribution in [2.45, 2.75) is 13.8 Å². The van der Waals surface area contributed by atoms with Crippen LogP contribution >= 0.6 is 11.6 Å². The van der Waals surface area contributed by atoms with E-state index < -0.39 is 0 Å². The molecule has 0 fully saturated rings. The second kappa shape index (κ2) is 7.85. The van der Waals surface area contributed by atoms with Crippen LogP contribution in [0.1, 0.15) is 13.8 Å². The molecule has 0 heterocycles. The molecule has 0 aliphatic heterocycles. The first kappa shape index (κ1) is 16.4. The lowest BCUT2D eigenvalue weighted by Gasteiger charge is -2.14. The third-order valence-corrected chi connectivity index (χ3v) is 2.92. The van der Waals surface area contributed by atoms with Gasteiger partial charge in [0, 0.05) is 12.6 Å². The Bertz CT molecular complexity index is 464. The van der Waals surface area contributed by atoms with E-state index in [4.69, 9.17) is 21.1 Å². The lowest BCUT2D eigenvalue weighted by Crippen LogP contribution is -2.32. The predicted molar refractivity (Wildman–Crippen MR) is 80.9 cm³/mol. The van der Waals surface area contributed by atoms with E-state index in [9.17, 15) is 4.79 Å². The number of anilines is 1. The highest BCUT2D eigenvalue weighted by Gasteiger charge is 2.11. The molecule has 2 N–H and O–H groups in total. The number of methoxy groups -OCH3 is 2. The molecule has 20 heavy (non-hydrogen) atoms. The smallest absolute Gasteiger partial charge is 0.239 e. The number of hydrogen-bond donors (Lipinski definition) is 2. The summed E-state index contributed by atoms with van der Waals surface area (Å²) in [5.74, 6) is 1.44. The van der Waals surface area contributed by atoms with Crippen LogP contribution in [-0.4, -0.2) is 33.2 Å². The van der Waals surface area contributed by atoms with Crippen molar-refractivity contribution in [1.29, 1.82) is 0 Å². The third-order valence-electron chi connectivity index (χ3n) is 2.62. The van der Waals surface area contributed by atoms with Gasteiger partial charge in [-0.25, -0.2) is 0 Å². The number of carbonyl (C=O) groups is 1. The van der Waals surface area contributed by atoms with Gasteiger partial charge >= 0.3 is 0 Å². The molecule has 1 aromatic rings. The van der Waals surface area contributed by atoms with Crippen molar-refractivity contribution in [2.24, 2.45) is 5.92 Å². The summed E-state index contributed by atoms with van der Waals surface area (Å²) in [6.07, 6.45) is 0. The minimum atomic E-state index is -0.0762. The van der Waals surface area contributed by atoms with Crippen molar-refractivity contribution in [3.8, 4) is 11.5 Å². The minimum absolute atomic E-state index is 0.0762. The van der Waals surface area contributed by atoms with Gasteiger partial charge < -0.3 is 20.1 Å². The maximum atomic E-state index is 11.7. The molecule has 0 saturated heterocycles. The van der Waals surface area contributed by atoms with Crippen LogP contribution in [0.25, 0.3) is 0 Å². The van der Waals surface area contributed by atoms with Gasteiger partial charge in [-0.15, -0.1) is 0 Å². The monoisotopic (exact) mass is 300 g/mol. The predicted octanol–water partition coefficient (Wildman–Crippen LogP) is 2.54. The molecule has 0 spiro atoms. The van der Waals surface area contributed by atoms with Gasteiger partial charge in [0.25, 0.3) is 0 Å². The van der Waals surface area contributed by atoms with Gasteiger partial charge in [-0.3, -0.25) is 4.79 Å². The van der Waals surface area contributed by atoms with Gasteiger partial charge in [0.05, 0.1) is 31.5 Å². The van der Waals surface area contributed by atoms with E-state index in [0.29, 0.717) is 34.7 Å². The number of carbonyl (C=O) groups excluding carboxylic acids is 1. The van der Waals surface area contributed by atoms with Crippen LogP contribution in [-0.2, 0) is 4.79 Å². The number of amides is 1. The Morgan fingerprint density at radius 1 is 1.25 bits per heavy atom. The summed E-state index contributed by atoms with van der Waals surface area (Å²) in [6, 6.07) is 3.35. The Kier molecular flexibility index (Phi) is 6.45. The maximum absolute atomic E-state index is 11.7. The van der Waals surface area contributed by atoms with Gasteiger partial charge in [-0.2, -0.15) is 0 Å². The van der Waals surface area contributed by atoms with Gasteiger partial charge in [-0.05, 0) is 12.0 Å². The van der Waals surface area contributed by atoms with E-state index in [0.717, 1.165) is 0 Å². The highest BCUT2D eigenvalue weighted by molar-refractivity contribution is 6.32. The fourth-order valence-electron chi connectivity index (χ4n) is 1.55. The molecule has 6 heteroatoms. The van der Waals surface area contributed by atoms with E-state index in [1.165, 1.54) is 7.11 Å². The zero-order valence-corrected chi connectivity index (χ0v) is 13.0. The average molecular weight is 301 g/mol. The van der Waals surface area contributed by atoms with Crippen molar-refractivity contribution < 1.29 is 14.3 Å². The molecular weight excluding hydrogens is 280 g/mol. The number of ether oxygens (including phenoxy) is 2. The third kappa shape index (κ3) is 4.81. The fraction of sp³-hybridized carbons (Fsp3) is 0.500. The van der Waals surface area contributed by atoms with Gasteiger partial charge in [-0.1, -0.05) is 25.4 Å². The highest BCUT2D eigenvalue weighted by atomic mass is 35.5. The SMILES string of the molecule is COc1cc(OC)c(NCC(=O)NCC(C)C)cc1Cl. The summed E-state index contributed by atoms with van der Waals surface area (Å²) >= 11 is 6.06. The number of halogens is 1. The van der Waals surface area contributed by atoms with Crippen molar-refractivity contribution in [1.82, 2.24) is 5.32 Å². The molecule has 0 aliphatic rings. The Hall–Kier alpha value is -1.62. The van der Waals surface area contributed by atoms with E-state index in [-0.39, 0.29) is 12.5 Å². The molecule has 0 radical (unpaired) electrons. The maximum Gasteiger partial charge on any atom is 0.239 e. The lowest BCUT2D eigenvalue weighted by molar-refractivity contribution is -0.119. The first-order valence-corrected chi connectivity index (χ1v) is 6.77. The quantitative estimate of drug-likeness (QED) is 0.812. The van der Waals surface area contributed by atoms with Crippen LogP contribution in [0.2, 0.25) is 5.02 Å². The molecule has 112 valence electrons. The molecule has 1 rings (SSSR count). The minimum Gasteiger partial charge on any atom is -0.495 e. The van der Waals surface area contributed by atoms with Crippen LogP contribution in [0.4, 0.5) is 5.69 Å². The van der Waals surface area contributed by atoms with Crippen molar-refractivity contribution in [2.75, 3.05) is 32.6 Å². The Morgan fingerprint density at radius 2 is 1.90 bits per heavy atom. The highest BCUT2D eigenvalue weighted by Crippen LogP contribution is 2.35. The first-order valence-electron chi connectivity index (χ1n) is 6.40. The van der Waals surface area contributed by atoms with E-state index >= 15 is 0 Å². The number of rotatable bonds is 7. The summed E-state index contributed by atoms with van der Waals surface area (Å²) < 4.78 is 10.4. The van der Waals surface area contributed by atoms with Gasteiger partial charge in [0.1, 0.15) is 11.5 Å². The van der Waals surface area contributed by atoms with E-state index in [1.807, 2.05) is 13.8 Å². The number of benzene rings is 1. The van der Waals surface area contributed by atoms with Gasteiger partial charge in [0.15, 0.2) is 0 Å². The standard InChI is InChI=1S/C14H21ClN2O3/c1-9(2)7-17-14(18)8-16-11-5-10(15)12(19-3)6-13(11)20-4/h5-6,9,16H,7-8H2,1-4H3,(H,17,18). The van der Waals surface area contributed by atoms with Crippen LogP contribution in [0, 0.1) is 5.92 Å². The van der Waals surface area contributed by atoms with Crippen molar-refractivity contribution >= 4 is 23.2 Å². The average Bonchev–Trinajstić information content (AvgIpc) is 2.42. The Labute approximate surface area is 124 Å². The summed E-state index contributed by atoms with van der Waals surface area (Å²) in [7, 11) is 3.08. The normalized spacial score (nSPS) is 10.3. The zero-order valence-electron chi connectivity index (χ0n) is 12.2. The largest absolute Gasteiger partial charge is 0.495 e. The molecule has 0 aromatic heterocycles. The zero-order chi connectivity index (χ0) is 15.1. The molecule has 0 aliphatic carbocycles. The second-order valence-electron chi connectivity index (χ2n) is 4.74. The summed E-state index contributed by atoms with van der Waals surface area (Å²) in [6.45, 7) is 4.90. The summed E-state index contributed by atoms with van der Waals surface area (Å²) in [5, 5.41) is 6.29. The van der Waals surface area contributed by atoms with Crippen molar-refractivity contribution in [3.63, 3.8) is 0 Å². The number of hydrogen-bond acceptors (Lipinski definition) is 4. The molecule has 0 saturated carbocycles. The molecule has 0 bridgehead atoms. The first-order chi connectivity index (χ1) is 9.47. The Morgan fingerprint density at radius 3 is 2.45 bits per heavy atom. The molecule has 5 nitrogen and oxygen atoms in total. The summed E-state index contributed by atoms with van der Waals surface area (Å²) in [4.78, 5) is 11.7. The topological polar surface area (TPSA) is 59.6 Å². The molecule has 0 atom stereocenters. The van der Waals surface area contributed by atoms with E-state index in [2.05, 4.69) is 10.6 Å². The van der Waals surface area contributed by atoms with Crippen LogP contribution < -0.4 is 20.1 Å². The van der Waals surface area contributed by atoms with Crippen LogP contribution in [0.5, 0.6) is 11.5 Å². The summed E-state index contributed by atoms with van der Waals surface area (Å²) in [5.41, 5.74) is 0.651. The van der Waals surface area contributed by atoms with E-state index in [1.54, 1.807) is 19.2 Å². The van der Waals surface area contributed by atoms with Gasteiger partial charge in [0.2, 0.25) is 5.91 Å². The van der Waals surface area contributed by atoms with Crippen LogP contribution in [0.3, 0.4) is 0 Å². The molecular formula is C14H21ClN2O3. The molecule has 0 unspecified atom stereocenters. The van der Waals surface area contributed by atoms with Crippen molar-refractivity contribution in [3.05, 3.63) is 17.2 Å². The van der Waals surface area contributed by atoms with Crippen LogP contribution in [0.15, 0.2) is 12.1 Å². The lowest BCUT2D eigenvalue weighted by atomic mass is 10.2. The molecule has 1 aromatic carbocycles. The second-order valence-corrected chi connectivity index (χ2v) is 5.15. The Balaban J connectivity index is 2.67. The number of nitrogens with one attached hydrogen (secondary N) is 2.